The van der Waals surface area contributed by atoms with Gasteiger partial charge < -0.3 is 9.80 Å². The van der Waals surface area contributed by atoms with E-state index in [2.05, 4.69) is 16.1 Å². The molecule has 3 aromatic rings. The predicted molar refractivity (Wildman–Crippen MR) is 122 cm³/mol. The van der Waals surface area contributed by atoms with Crippen LogP contribution < -0.4 is 4.90 Å². The molecule has 158 valence electrons. The average molecular weight is 434 g/mol. The zero-order valence-electron chi connectivity index (χ0n) is 17.7. The lowest BCUT2D eigenvalue weighted by molar-refractivity contribution is 0.0767. The summed E-state index contributed by atoms with van der Waals surface area (Å²) in [6.07, 6.45) is 0.897. The molecule has 0 spiro atoms. The number of rotatable bonds is 3. The molecule has 0 unspecified atom stereocenters. The van der Waals surface area contributed by atoms with Crippen LogP contribution in [0, 0.1) is 25.2 Å². The predicted octanol–water partition coefficient (Wildman–Crippen LogP) is 4.37. The molecule has 0 atom stereocenters. The molecule has 31 heavy (non-hydrogen) atoms. The van der Waals surface area contributed by atoms with Gasteiger partial charge in [-0.15, -0.1) is 0 Å². The topological polar surface area (TPSA) is 65.2 Å². The molecule has 0 radical (unpaired) electrons. The van der Waals surface area contributed by atoms with Gasteiger partial charge in [0.25, 0.3) is 5.91 Å². The van der Waals surface area contributed by atoms with Crippen LogP contribution in [-0.4, -0.2) is 46.8 Å². The number of benzene rings is 2. The maximum atomic E-state index is 13.1. The number of carbonyl (C=O) groups excluding carboxylic acids is 1. The van der Waals surface area contributed by atoms with Gasteiger partial charge in [-0.2, -0.15) is 10.4 Å². The number of halogens is 1. The highest BCUT2D eigenvalue weighted by Gasteiger charge is 2.21. The van der Waals surface area contributed by atoms with Crippen LogP contribution in [0.1, 0.15) is 33.7 Å². The Morgan fingerprint density at radius 3 is 2.26 bits per heavy atom. The highest BCUT2D eigenvalue weighted by atomic mass is 35.5. The van der Waals surface area contributed by atoms with Gasteiger partial charge in [-0.3, -0.25) is 4.79 Å². The molecular weight excluding hydrogens is 410 g/mol. The maximum Gasteiger partial charge on any atom is 0.253 e. The Balaban J connectivity index is 1.44. The molecule has 1 aromatic heterocycles. The van der Waals surface area contributed by atoms with Crippen molar-refractivity contribution in [1.82, 2.24) is 14.7 Å². The molecule has 7 heteroatoms. The first-order valence-corrected chi connectivity index (χ1v) is 10.7. The highest BCUT2D eigenvalue weighted by molar-refractivity contribution is 6.31. The third-order valence-electron chi connectivity index (χ3n) is 5.71. The Morgan fingerprint density at radius 2 is 1.65 bits per heavy atom. The number of amides is 1. The summed E-state index contributed by atoms with van der Waals surface area (Å²) in [7, 11) is 0. The monoisotopic (exact) mass is 433 g/mol. The molecule has 0 saturated carbocycles. The number of anilines is 1. The van der Waals surface area contributed by atoms with Crippen molar-refractivity contribution >= 4 is 23.2 Å². The van der Waals surface area contributed by atoms with Crippen molar-refractivity contribution in [2.75, 3.05) is 31.1 Å². The van der Waals surface area contributed by atoms with Crippen LogP contribution in [0.3, 0.4) is 0 Å². The normalized spacial score (nSPS) is 14.3. The fraction of sp³-hybridized carbons (Fsp3) is 0.292. The Kier molecular flexibility index (Phi) is 5.97. The van der Waals surface area contributed by atoms with Crippen molar-refractivity contribution in [2.45, 2.75) is 20.3 Å². The van der Waals surface area contributed by atoms with Gasteiger partial charge in [-0.25, -0.2) is 4.68 Å². The lowest BCUT2D eigenvalue weighted by Crippen LogP contribution is -2.35. The van der Waals surface area contributed by atoms with Crippen molar-refractivity contribution in [3.8, 4) is 11.8 Å². The molecule has 1 aliphatic heterocycles. The minimum atomic E-state index is 0.0413. The lowest BCUT2D eigenvalue weighted by atomic mass is 10.1. The highest BCUT2D eigenvalue weighted by Crippen LogP contribution is 2.23. The first kappa shape index (κ1) is 21.0. The summed E-state index contributed by atoms with van der Waals surface area (Å²) in [6.45, 7) is 6.84. The summed E-state index contributed by atoms with van der Waals surface area (Å²) in [5.74, 6) is 0.0413. The smallest absolute Gasteiger partial charge is 0.253 e. The van der Waals surface area contributed by atoms with E-state index in [0.29, 0.717) is 22.7 Å². The molecule has 2 heterocycles. The van der Waals surface area contributed by atoms with E-state index in [1.807, 2.05) is 67.3 Å². The van der Waals surface area contributed by atoms with Crippen LogP contribution >= 0.6 is 11.6 Å². The number of aromatic nitrogens is 2. The van der Waals surface area contributed by atoms with Crippen LogP contribution in [0.4, 0.5) is 5.69 Å². The quantitative estimate of drug-likeness (QED) is 0.615. The third-order valence-corrected chi connectivity index (χ3v) is 6.25. The zero-order chi connectivity index (χ0) is 22.0. The van der Waals surface area contributed by atoms with E-state index in [1.54, 1.807) is 4.68 Å². The molecule has 2 aromatic carbocycles. The molecule has 0 N–H and O–H groups in total. The number of aryl methyl sites for hydroxylation is 1. The second kappa shape index (κ2) is 8.83. The third kappa shape index (κ3) is 4.28. The molecule has 0 bridgehead atoms. The van der Waals surface area contributed by atoms with Crippen LogP contribution in [0.15, 0.2) is 48.5 Å². The summed E-state index contributed by atoms with van der Waals surface area (Å²) in [5.41, 5.74) is 4.96. The number of carbonyl (C=O) groups is 1. The van der Waals surface area contributed by atoms with Gasteiger partial charge in [0.1, 0.15) is 0 Å². The van der Waals surface area contributed by atoms with Gasteiger partial charge >= 0.3 is 0 Å². The summed E-state index contributed by atoms with van der Waals surface area (Å²) in [4.78, 5) is 17.3. The summed E-state index contributed by atoms with van der Waals surface area (Å²) in [6, 6.07) is 17.3. The van der Waals surface area contributed by atoms with Crippen molar-refractivity contribution in [2.24, 2.45) is 0 Å². The van der Waals surface area contributed by atoms with E-state index < -0.39 is 0 Å². The second-order valence-electron chi connectivity index (χ2n) is 7.73. The maximum absolute atomic E-state index is 13.1. The van der Waals surface area contributed by atoms with Crippen molar-refractivity contribution in [3.63, 3.8) is 0 Å². The van der Waals surface area contributed by atoms with E-state index in [-0.39, 0.29) is 5.91 Å². The van der Waals surface area contributed by atoms with Crippen LogP contribution in [-0.2, 0) is 0 Å². The van der Waals surface area contributed by atoms with E-state index in [4.69, 9.17) is 16.9 Å². The number of hydrogen-bond acceptors (Lipinski definition) is 4. The fourth-order valence-corrected chi connectivity index (χ4v) is 4.05. The molecule has 1 fully saturated rings. The number of hydrogen-bond donors (Lipinski definition) is 0. The number of nitrogens with zero attached hydrogens (tertiary/aromatic N) is 5. The van der Waals surface area contributed by atoms with Gasteiger partial charge in [-0.1, -0.05) is 11.6 Å². The van der Waals surface area contributed by atoms with Gasteiger partial charge in [0.15, 0.2) is 0 Å². The SMILES string of the molecule is Cc1nn(-c2ccc(C(=O)N3CCCN(c4ccc(C#N)cc4)CC3)cc2)c(C)c1Cl. The average Bonchev–Trinajstić information content (AvgIpc) is 2.98. The van der Waals surface area contributed by atoms with Crippen molar-refractivity contribution in [1.29, 1.82) is 5.26 Å². The standard InChI is InChI=1S/C24H24ClN5O/c1-17-23(25)18(2)30(27-17)22-10-6-20(7-11-22)24(31)29-13-3-12-28(14-15-29)21-8-4-19(16-26)5-9-21/h4-11H,3,12-15H2,1-2H3. The first-order valence-electron chi connectivity index (χ1n) is 10.3. The fourth-order valence-electron chi connectivity index (χ4n) is 3.93. The van der Waals surface area contributed by atoms with Crippen molar-refractivity contribution in [3.05, 3.63) is 76.1 Å². The minimum absolute atomic E-state index is 0.0413. The minimum Gasteiger partial charge on any atom is -0.370 e. The van der Waals surface area contributed by atoms with E-state index in [0.717, 1.165) is 48.8 Å². The molecular formula is C24H24ClN5O. The van der Waals surface area contributed by atoms with Gasteiger partial charge in [0, 0.05) is 37.4 Å². The Bertz CT molecular complexity index is 1130. The summed E-state index contributed by atoms with van der Waals surface area (Å²) < 4.78 is 1.80. The second-order valence-corrected chi connectivity index (χ2v) is 8.11. The summed E-state index contributed by atoms with van der Waals surface area (Å²) >= 11 is 6.26. The van der Waals surface area contributed by atoms with Gasteiger partial charge in [0.2, 0.25) is 0 Å². The van der Waals surface area contributed by atoms with Crippen molar-refractivity contribution < 1.29 is 4.79 Å². The van der Waals surface area contributed by atoms with E-state index in [1.165, 1.54) is 0 Å². The van der Waals surface area contributed by atoms with E-state index >= 15 is 0 Å². The molecule has 0 aliphatic carbocycles. The van der Waals surface area contributed by atoms with Crippen LogP contribution in [0.5, 0.6) is 0 Å². The molecule has 4 rings (SSSR count). The van der Waals surface area contributed by atoms with Crippen LogP contribution in [0.25, 0.3) is 5.69 Å². The van der Waals surface area contributed by atoms with Gasteiger partial charge in [-0.05, 0) is 68.8 Å². The Morgan fingerprint density at radius 1 is 0.968 bits per heavy atom. The number of nitriles is 1. The Hall–Kier alpha value is -3.30. The first-order chi connectivity index (χ1) is 15.0. The molecule has 1 aliphatic rings. The summed E-state index contributed by atoms with van der Waals surface area (Å²) in [5, 5.41) is 14.1. The largest absolute Gasteiger partial charge is 0.370 e. The zero-order valence-corrected chi connectivity index (χ0v) is 18.4. The molecule has 1 saturated heterocycles. The molecule has 1 amide bonds. The Labute approximate surface area is 187 Å². The van der Waals surface area contributed by atoms with Crippen LogP contribution in [0.2, 0.25) is 5.02 Å². The van der Waals surface area contributed by atoms with Gasteiger partial charge in [0.05, 0.1) is 33.7 Å². The lowest BCUT2D eigenvalue weighted by Gasteiger charge is -2.24. The van der Waals surface area contributed by atoms with E-state index in [9.17, 15) is 4.79 Å². The molecule has 6 nitrogen and oxygen atoms in total.